The largest absolute Gasteiger partial charge is 0.379 e. The van der Waals surface area contributed by atoms with Crippen LogP contribution in [0.4, 0.5) is 0 Å². The molecule has 1 amide bonds. The fourth-order valence-electron chi connectivity index (χ4n) is 3.53. The molecule has 120 valence electrons. The lowest BCUT2D eigenvalue weighted by atomic mass is 9.92. The van der Waals surface area contributed by atoms with Gasteiger partial charge in [0.2, 0.25) is 5.91 Å². The van der Waals surface area contributed by atoms with Gasteiger partial charge in [-0.25, -0.2) is 0 Å². The zero-order valence-electron chi connectivity index (χ0n) is 12.8. The summed E-state index contributed by atoms with van der Waals surface area (Å²) in [6.45, 7) is 7.60. The van der Waals surface area contributed by atoms with E-state index in [0.29, 0.717) is 25.6 Å². The monoisotopic (exact) mass is 297 g/mol. The van der Waals surface area contributed by atoms with Crippen molar-refractivity contribution in [3.05, 3.63) is 0 Å². The maximum atomic E-state index is 12.5. The van der Waals surface area contributed by atoms with Crippen molar-refractivity contribution in [2.75, 3.05) is 59.2 Å². The Morgan fingerprint density at radius 2 is 1.81 bits per heavy atom. The van der Waals surface area contributed by atoms with Crippen molar-refractivity contribution in [3.8, 4) is 0 Å². The SMILES string of the molecule is NC1(C(=O)N2CCC(CN3CCOCC3)CC2)CCOC1. The fraction of sp³-hybridized carbons (Fsp3) is 0.933. The van der Waals surface area contributed by atoms with Crippen LogP contribution in [-0.4, -0.2) is 80.4 Å². The van der Waals surface area contributed by atoms with Gasteiger partial charge in [-0.3, -0.25) is 9.69 Å². The molecular weight excluding hydrogens is 270 g/mol. The van der Waals surface area contributed by atoms with Crippen molar-refractivity contribution in [3.63, 3.8) is 0 Å². The number of hydrogen-bond donors (Lipinski definition) is 1. The molecule has 0 aliphatic carbocycles. The minimum atomic E-state index is -0.767. The van der Waals surface area contributed by atoms with E-state index in [2.05, 4.69) is 4.90 Å². The standard InChI is InChI=1S/C15H27N3O3/c16-15(3-8-21-12-15)14(19)18-4-1-13(2-5-18)11-17-6-9-20-10-7-17/h13H,1-12,16H2. The molecule has 1 unspecified atom stereocenters. The highest BCUT2D eigenvalue weighted by atomic mass is 16.5. The summed E-state index contributed by atoms with van der Waals surface area (Å²) < 4.78 is 10.7. The molecule has 0 bridgehead atoms. The van der Waals surface area contributed by atoms with Crippen molar-refractivity contribution in [1.82, 2.24) is 9.80 Å². The van der Waals surface area contributed by atoms with Crippen molar-refractivity contribution in [2.24, 2.45) is 11.7 Å². The number of carbonyl (C=O) groups is 1. The number of carbonyl (C=O) groups excluding carboxylic acids is 1. The second kappa shape index (κ2) is 6.60. The van der Waals surface area contributed by atoms with Gasteiger partial charge in [0, 0.05) is 39.3 Å². The van der Waals surface area contributed by atoms with E-state index >= 15 is 0 Å². The van der Waals surface area contributed by atoms with Gasteiger partial charge in [0.15, 0.2) is 0 Å². The van der Waals surface area contributed by atoms with E-state index < -0.39 is 5.54 Å². The summed E-state index contributed by atoms with van der Waals surface area (Å²) in [5.41, 5.74) is 5.41. The van der Waals surface area contributed by atoms with Crippen LogP contribution in [0.25, 0.3) is 0 Å². The fourth-order valence-corrected chi connectivity index (χ4v) is 3.53. The molecule has 6 heteroatoms. The van der Waals surface area contributed by atoms with E-state index in [1.807, 2.05) is 4.90 Å². The zero-order valence-corrected chi connectivity index (χ0v) is 12.8. The maximum Gasteiger partial charge on any atom is 0.245 e. The predicted molar refractivity (Wildman–Crippen MR) is 78.9 cm³/mol. The normalized spacial score (nSPS) is 32.5. The smallest absolute Gasteiger partial charge is 0.245 e. The molecular formula is C15H27N3O3. The summed E-state index contributed by atoms with van der Waals surface area (Å²) in [6.07, 6.45) is 2.82. The average molecular weight is 297 g/mol. The van der Waals surface area contributed by atoms with Crippen LogP contribution in [0.1, 0.15) is 19.3 Å². The van der Waals surface area contributed by atoms with Crippen LogP contribution < -0.4 is 5.73 Å². The molecule has 0 saturated carbocycles. The third kappa shape index (κ3) is 3.56. The second-order valence-electron chi connectivity index (χ2n) is 6.61. The number of morpholine rings is 1. The topological polar surface area (TPSA) is 68.0 Å². The number of nitrogens with zero attached hydrogens (tertiary/aromatic N) is 2. The van der Waals surface area contributed by atoms with E-state index in [-0.39, 0.29) is 5.91 Å². The van der Waals surface area contributed by atoms with Crippen molar-refractivity contribution in [1.29, 1.82) is 0 Å². The van der Waals surface area contributed by atoms with E-state index in [4.69, 9.17) is 15.2 Å². The van der Waals surface area contributed by atoms with Gasteiger partial charge in [-0.1, -0.05) is 0 Å². The third-order valence-electron chi connectivity index (χ3n) is 5.00. The molecule has 0 aromatic rings. The number of nitrogens with two attached hydrogens (primary N) is 1. The summed E-state index contributed by atoms with van der Waals surface area (Å²) in [5, 5.41) is 0. The van der Waals surface area contributed by atoms with Crippen LogP contribution in [0.5, 0.6) is 0 Å². The van der Waals surface area contributed by atoms with Gasteiger partial charge in [0.1, 0.15) is 5.54 Å². The number of amides is 1. The number of ether oxygens (including phenoxy) is 2. The van der Waals surface area contributed by atoms with Crippen LogP contribution in [0, 0.1) is 5.92 Å². The first-order chi connectivity index (χ1) is 10.2. The van der Waals surface area contributed by atoms with Gasteiger partial charge in [-0.15, -0.1) is 0 Å². The van der Waals surface area contributed by atoms with Crippen LogP contribution in [0.15, 0.2) is 0 Å². The van der Waals surface area contributed by atoms with E-state index in [9.17, 15) is 4.79 Å². The van der Waals surface area contributed by atoms with Gasteiger partial charge in [0.25, 0.3) is 0 Å². The van der Waals surface area contributed by atoms with E-state index in [1.54, 1.807) is 0 Å². The quantitative estimate of drug-likeness (QED) is 0.773. The predicted octanol–water partition coefficient (Wildman–Crippen LogP) is -0.325. The maximum absolute atomic E-state index is 12.5. The molecule has 0 spiro atoms. The molecule has 21 heavy (non-hydrogen) atoms. The minimum Gasteiger partial charge on any atom is -0.379 e. The Morgan fingerprint density at radius 1 is 1.10 bits per heavy atom. The van der Waals surface area contributed by atoms with E-state index in [1.165, 1.54) is 0 Å². The van der Waals surface area contributed by atoms with Crippen LogP contribution >= 0.6 is 0 Å². The zero-order chi connectivity index (χ0) is 14.7. The number of rotatable bonds is 3. The molecule has 3 aliphatic rings. The highest BCUT2D eigenvalue weighted by Crippen LogP contribution is 2.24. The molecule has 3 fully saturated rings. The number of piperidine rings is 1. The van der Waals surface area contributed by atoms with Gasteiger partial charge < -0.3 is 20.1 Å². The summed E-state index contributed by atoms with van der Waals surface area (Å²) >= 11 is 0. The third-order valence-corrected chi connectivity index (χ3v) is 5.00. The Hall–Kier alpha value is -0.690. The van der Waals surface area contributed by atoms with Gasteiger partial charge in [-0.2, -0.15) is 0 Å². The minimum absolute atomic E-state index is 0.0878. The summed E-state index contributed by atoms with van der Waals surface area (Å²) in [7, 11) is 0. The van der Waals surface area contributed by atoms with Crippen molar-refractivity contribution >= 4 is 5.91 Å². The molecule has 0 aromatic heterocycles. The highest BCUT2D eigenvalue weighted by molar-refractivity contribution is 5.86. The molecule has 3 saturated heterocycles. The second-order valence-corrected chi connectivity index (χ2v) is 6.61. The number of hydrogen-bond acceptors (Lipinski definition) is 5. The molecule has 6 nitrogen and oxygen atoms in total. The molecule has 0 radical (unpaired) electrons. The van der Waals surface area contributed by atoms with Crippen LogP contribution in [0.2, 0.25) is 0 Å². The average Bonchev–Trinajstić information content (AvgIpc) is 2.96. The first-order valence-corrected chi connectivity index (χ1v) is 8.13. The van der Waals surface area contributed by atoms with Gasteiger partial charge in [-0.05, 0) is 25.2 Å². The lowest BCUT2D eigenvalue weighted by Crippen LogP contribution is -2.57. The molecule has 0 aromatic carbocycles. The van der Waals surface area contributed by atoms with E-state index in [0.717, 1.165) is 58.8 Å². The Labute approximate surface area is 126 Å². The van der Waals surface area contributed by atoms with Crippen molar-refractivity contribution < 1.29 is 14.3 Å². The summed E-state index contributed by atoms with van der Waals surface area (Å²) in [5.74, 6) is 0.783. The first-order valence-electron chi connectivity index (χ1n) is 8.13. The summed E-state index contributed by atoms with van der Waals surface area (Å²) in [4.78, 5) is 16.9. The molecule has 2 N–H and O–H groups in total. The lowest BCUT2D eigenvalue weighted by Gasteiger charge is -2.38. The molecule has 3 aliphatic heterocycles. The highest BCUT2D eigenvalue weighted by Gasteiger charge is 2.41. The first kappa shape index (κ1) is 15.2. The Balaban J connectivity index is 1.45. The summed E-state index contributed by atoms with van der Waals surface area (Å²) in [6, 6.07) is 0. The molecule has 1 atom stereocenters. The van der Waals surface area contributed by atoms with Gasteiger partial charge >= 0.3 is 0 Å². The Bertz CT molecular complexity index is 357. The van der Waals surface area contributed by atoms with Gasteiger partial charge in [0.05, 0.1) is 19.8 Å². The number of likely N-dealkylation sites (tertiary alicyclic amines) is 1. The van der Waals surface area contributed by atoms with Crippen LogP contribution in [0.3, 0.4) is 0 Å². The molecule has 3 heterocycles. The molecule has 3 rings (SSSR count). The lowest BCUT2D eigenvalue weighted by molar-refractivity contribution is -0.138. The van der Waals surface area contributed by atoms with Crippen LogP contribution in [-0.2, 0) is 14.3 Å². The Morgan fingerprint density at radius 3 is 2.43 bits per heavy atom. The Kier molecular flexibility index (Phi) is 4.78. The van der Waals surface area contributed by atoms with Crippen molar-refractivity contribution in [2.45, 2.75) is 24.8 Å².